The smallest absolute Gasteiger partial charge is 0.331 e. The molecule has 1 fully saturated rings. The Hall–Kier alpha value is -1.36. The van der Waals surface area contributed by atoms with Crippen LogP contribution in [0.4, 0.5) is 5.82 Å². The van der Waals surface area contributed by atoms with Crippen LogP contribution in [0.3, 0.4) is 0 Å². The fourth-order valence-electron chi connectivity index (χ4n) is 2.51. The van der Waals surface area contributed by atoms with Crippen LogP contribution < -0.4 is 5.32 Å². The van der Waals surface area contributed by atoms with Crippen LogP contribution in [0.2, 0.25) is 5.28 Å². The van der Waals surface area contributed by atoms with Gasteiger partial charge in [-0.15, -0.1) is 0 Å². The molecule has 1 aromatic heterocycles. The number of hydrogen-bond acceptors (Lipinski definition) is 5. The Bertz CT molecular complexity index is 531. The Kier molecular flexibility index (Phi) is 7.76. The van der Waals surface area contributed by atoms with Gasteiger partial charge in [-0.05, 0) is 50.6 Å². The predicted molar refractivity (Wildman–Crippen MR) is 94.0 cm³/mol. The molecule has 130 valence electrons. The zero-order valence-electron chi connectivity index (χ0n) is 14.8. The molecule has 0 aromatic carbocycles. The Morgan fingerprint density at radius 1 is 1.22 bits per heavy atom. The highest BCUT2D eigenvalue weighted by Crippen LogP contribution is 2.41. The molecule has 3 rings (SSSR count). The lowest BCUT2D eigenvalue weighted by molar-refractivity contribution is -0.145. The first-order chi connectivity index (χ1) is 11.1. The van der Waals surface area contributed by atoms with E-state index in [-0.39, 0.29) is 11.3 Å². The molecule has 0 atom stereocenters. The molecule has 0 bridgehead atoms. The van der Waals surface area contributed by atoms with Crippen molar-refractivity contribution in [3.63, 3.8) is 0 Å². The molecule has 6 heteroatoms. The van der Waals surface area contributed by atoms with Gasteiger partial charge in [0.25, 0.3) is 0 Å². The van der Waals surface area contributed by atoms with Gasteiger partial charge in [0.2, 0.25) is 5.28 Å². The molecular weight excluding hydrogens is 314 g/mol. The van der Waals surface area contributed by atoms with Gasteiger partial charge in [-0.2, -0.15) is 0 Å². The van der Waals surface area contributed by atoms with Crippen LogP contribution in [0.5, 0.6) is 0 Å². The molecule has 5 nitrogen and oxygen atoms in total. The zero-order chi connectivity index (χ0) is 17.5. The third kappa shape index (κ3) is 4.56. The SMILES string of the molecule is CC.CC.CCOC(=O)C1(Nc2nc(Cl)nc3c2CCC3)CC1. The average Bonchev–Trinajstić information content (AvgIpc) is 3.20. The second-order valence-electron chi connectivity index (χ2n) is 5.05. The standard InChI is InChI=1S/C13H16ClN3O2.2C2H6/c1-2-19-11(18)13(6-7-13)17-10-8-4-3-5-9(8)15-12(14)16-10;2*1-2/h2-7H2,1H3,(H,15,16,17);2*1-2H3. The first kappa shape index (κ1) is 19.7. The molecule has 0 amide bonds. The van der Waals surface area contributed by atoms with E-state index in [1.54, 1.807) is 0 Å². The summed E-state index contributed by atoms with van der Waals surface area (Å²) in [6, 6.07) is 0. The third-order valence-electron chi connectivity index (χ3n) is 3.68. The lowest BCUT2D eigenvalue weighted by atomic mass is 10.2. The number of ether oxygens (including phenoxy) is 1. The summed E-state index contributed by atoms with van der Waals surface area (Å²) < 4.78 is 5.11. The second kappa shape index (κ2) is 9.06. The quantitative estimate of drug-likeness (QED) is 0.657. The Balaban J connectivity index is 0.000000615. The van der Waals surface area contributed by atoms with Gasteiger partial charge in [0.15, 0.2) is 0 Å². The van der Waals surface area contributed by atoms with Crippen LogP contribution in [0.1, 0.15) is 65.1 Å². The van der Waals surface area contributed by atoms with Crippen molar-refractivity contribution in [3.05, 3.63) is 16.5 Å². The molecule has 0 spiro atoms. The molecule has 1 aromatic rings. The number of esters is 1. The highest BCUT2D eigenvalue weighted by molar-refractivity contribution is 6.28. The van der Waals surface area contributed by atoms with Crippen LogP contribution in [-0.2, 0) is 22.4 Å². The number of anilines is 1. The van der Waals surface area contributed by atoms with Gasteiger partial charge in [-0.1, -0.05) is 27.7 Å². The van der Waals surface area contributed by atoms with Crippen molar-refractivity contribution in [2.45, 2.75) is 72.3 Å². The van der Waals surface area contributed by atoms with Crippen LogP contribution >= 0.6 is 11.6 Å². The topological polar surface area (TPSA) is 64.1 Å². The molecule has 1 N–H and O–H groups in total. The van der Waals surface area contributed by atoms with Gasteiger partial charge in [0.05, 0.1) is 12.3 Å². The number of rotatable bonds is 4. The van der Waals surface area contributed by atoms with Crippen LogP contribution in [-0.4, -0.2) is 28.1 Å². The van der Waals surface area contributed by atoms with Crippen molar-refractivity contribution in [1.29, 1.82) is 0 Å². The van der Waals surface area contributed by atoms with Crippen LogP contribution in [0.15, 0.2) is 0 Å². The number of nitrogens with one attached hydrogen (secondary N) is 1. The largest absolute Gasteiger partial charge is 0.464 e. The summed E-state index contributed by atoms with van der Waals surface area (Å²) in [5.74, 6) is 0.509. The molecule has 23 heavy (non-hydrogen) atoms. The van der Waals surface area contributed by atoms with Crippen LogP contribution in [0.25, 0.3) is 0 Å². The van der Waals surface area contributed by atoms with Gasteiger partial charge in [0.1, 0.15) is 11.4 Å². The van der Waals surface area contributed by atoms with Crippen molar-refractivity contribution in [2.24, 2.45) is 0 Å². The Morgan fingerprint density at radius 3 is 2.43 bits per heavy atom. The highest BCUT2D eigenvalue weighted by atomic mass is 35.5. The van der Waals surface area contributed by atoms with E-state index in [4.69, 9.17) is 16.3 Å². The van der Waals surface area contributed by atoms with E-state index >= 15 is 0 Å². The minimum absolute atomic E-state index is 0.198. The summed E-state index contributed by atoms with van der Waals surface area (Å²) in [5.41, 5.74) is 1.51. The van der Waals surface area contributed by atoms with E-state index in [0.29, 0.717) is 12.4 Å². The number of hydrogen-bond donors (Lipinski definition) is 1. The van der Waals surface area contributed by atoms with Crippen molar-refractivity contribution in [1.82, 2.24) is 9.97 Å². The van der Waals surface area contributed by atoms with Crippen LogP contribution in [0, 0.1) is 0 Å². The predicted octanol–water partition coefficient (Wildman–Crippen LogP) is 4.18. The maximum atomic E-state index is 12.0. The number of carbonyl (C=O) groups is 1. The van der Waals surface area contributed by atoms with Gasteiger partial charge < -0.3 is 10.1 Å². The minimum atomic E-state index is -0.593. The number of nitrogens with zero attached hydrogens (tertiary/aromatic N) is 2. The lowest BCUT2D eigenvalue weighted by Crippen LogP contribution is -2.34. The van der Waals surface area contributed by atoms with E-state index in [1.165, 1.54) is 0 Å². The van der Waals surface area contributed by atoms with Gasteiger partial charge in [-0.3, -0.25) is 0 Å². The molecule has 0 saturated heterocycles. The second-order valence-corrected chi connectivity index (χ2v) is 5.39. The number of aromatic nitrogens is 2. The molecule has 0 radical (unpaired) electrons. The summed E-state index contributed by atoms with van der Waals surface area (Å²) >= 11 is 5.94. The van der Waals surface area contributed by atoms with Gasteiger partial charge >= 0.3 is 5.97 Å². The number of carbonyl (C=O) groups excluding carboxylic acids is 1. The fourth-order valence-corrected chi connectivity index (χ4v) is 2.69. The molecule has 0 aliphatic heterocycles. The number of halogens is 1. The first-order valence-electron chi connectivity index (χ1n) is 8.65. The lowest BCUT2D eigenvalue weighted by Gasteiger charge is -2.18. The molecule has 0 unspecified atom stereocenters. The first-order valence-corrected chi connectivity index (χ1v) is 9.03. The van der Waals surface area contributed by atoms with E-state index < -0.39 is 5.54 Å². The van der Waals surface area contributed by atoms with E-state index in [0.717, 1.165) is 43.4 Å². The summed E-state index contributed by atoms with van der Waals surface area (Å²) in [4.78, 5) is 20.4. The molecular formula is C17H28ClN3O2. The van der Waals surface area contributed by atoms with Crippen molar-refractivity contribution in [3.8, 4) is 0 Å². The maximum absolute atomic E-state index is 12.0. The monoisotopic (exact) mass is 341 g/mol. The maximum Gasteiger partial charge on any atom is 0.331 e. The normalized spacial score (nSPS) is 16.1. The van der Waals surface area contributed by atoms with Crippen molar-refractivity contribution >= 4 is 23.4 Å². The Morgan fingerprint density at radius 2 is 1.87 bits per heavy atom. The molecule has 1 saturated carbocycles. The zero-order valence-corrected chi connectivity index (χ0v) is 15.6. The molecule has 2 aliphatic rings. The summed E-state index contributed by atoms with van der Waals surface area (Å²) in [5, 5.41) is 3.48. The average molecular weight is 342 g/mol. The van der Waals surface area contributed by atoms with E-state index in [9.17, 15) is 4.79 Å². The van der Waals surface area contributed by atoms with E-state index in [2.05, 4.69) is 15.3 Å². The number of fused-ring (bicyclic) bond motifs is 1. The molecule has 2 aliphatic carbocycles. The molecule has 1 heterocycles. The summed E-state index contributed by atoms with van der Waals surface area (Å²) in [6.07, 6.45) is 4.49. The summed E-state index contributed by atoms with van der Waals surface area (Å²) in [6.45, 7) is 10.2. The highest BCUT2D eigenvalue weighted by Gasteiger charge is 2.52. The number of aryl methyl sites for hydroxylation is 1. The summed E-state index contributed by atoms with van der Waals surface area (Å²) in [7, 11) is 0. The van der Waals surface area contributed by atoms with Gasteiger partial charge in [0, 0.05) is 5.56 Å². The third-order valence-corrected chi connectivity index (χ3v) is 3.85. The van der Waals surface area contributed by atoms with Crippen molar-refractivity contribution < 1.29 is 9.53 Å². The Labute approximate surface area is 144 Å². The van der Waals surface area contributed by atoms with Gasteiger partial charge in [-0.25, -0.2) is 14.8 Å². The van der Waals surface area contributed by atoms with Crippen molar-refractivity contribution in [2.75, 3.05) is 11.9 Å². The fraction of sp³-hybridized carbons (Fsp3) is 0.706. The minimum Gasteiger partial charge on any atom is -0.464 e. The van der Waals surface area contributed by atoms with E-state index in [1.807, 2.05) is 34.6 Å².